The summed E-state index contributed by atoms with van der Waals surface area (Å²) in [5.74, 6) is 0.997. The third-order valence-corrected chi connectivity index (χ3v) is 4.03. The van der Waals surface area contributed by atoms with Gasteiger partial charge >= 0.3 is 0 Å². The lowest BCUT2D eigenvalue weighted by Crippen LogP contribution is -2.06. The molecule has 5 nitrogen and oxygen atoms in total. The molecule has 3 aromatic rings. The molecule has 2 N–H and O–H groups in total. The molecular formula is C17H15Cl2N5. The maximum absolute atomic E-state index is 6.15. The largest absolute Gasteiger partial charge is 0.364 e. The van der Waals surface area contributed by atoms with Crippen molar-refractivity contribution in [2.75, 3.05) is 10.6 Å². The highest BCUT2D eigenvalue weighted by molar-refractivity contribution is 6.31. The van der Waals surface area contributed by atoms with Crippen LogP contribution in [0.1, 0.15) is 11.1 Å². The fourth-order valence-corrected chi connectivity index (χ4v) is 2.49. The molecule has 2 aromatic carbocycles. The van der Waals surface area contributed by atoms with Crippen LogP contribution in [-0.4, -0.2) is 15.2 Å². The Hall–Kier alpha value is -2.37. The zero-order valence-electron chi connectivity index (χ0n) is 12.9. The van der Waals surface area contributed by atoms with Gasteiger partial charge in [0.25, 0.3) is 0 Å². The quantitative estimate of drug-likeness (QED) is 0.682. The van der Waals surface area contributed by atoms with Gasteiger partial charge in [-0.05, 0) is 36.2 Å². The lowest BCUT2D eigenvalue weighted by atomic mass is 10.2. The van der Waals surface area contributed by atoms with Crippen molar-refractivity contribution in [3.63, 3.8) is 0 Å². The molecule has 0 saturated heterocycles. The Morgan fingerprint density at radius 2 is 1.92 bits per heavy atom. The Bertz CT molecular complexity index is 854. The predicted octanol–water partition coefficient (Wildman–Crippen LogP) is 4.84. The van der Waals surface area contributed by atoms with Crippen LogP contribution in [0.5, 0.6) is 0 Å². The first-order valence-corrected chi connectivity index (χ1v) is 8.07. The van der Waals surface area contributed by atoms with Crippen molar-refractivity contribution in [1.29, 1.82) is 0 Å². The summed E-state index contributed by atoms with van der Waals surface area (Å²) in [6, 6.07) is 13.2. The van der Waals surface area contributed by atoms with Crippen molar-refractivity contribution in [2.45, 2.75) is 13.5 Å². The molecule has 1 heterocycles. The van der Waals surface area contributed by atoms with Crippen LogP contribution in [-0.2, 0) is 6.54 Å². The van der Waals surface area contributed by atoms with Gasteiger partial charge in [0.1, 0.15) is 0 Å². The van der Waals surface area contributed by atoms with Crippen molar-refractivity contribution >= 4 is 40.7 Å². The number of aromatic nitrogens is 3. The molecule has 0 fully saturated rings. The van der Waals surface area contributed by atoms with E-state index < -0.39 is 0 Å². The summed E-state index contributed by atoms with van der Waals surface area (Å²) in [7, 11) is 0. The first-order chi connectivity index (χ1) is 11.6. The van der Waals surface area contributed by atoms with E-state index >= 15 is 0 Å². The second kappa shape index (κ2) is 7.47. The fraction of sp³-hybridized carbons (Fsp3) is 0.118. The Morgan fingerprint density at radius 3 is 2.75 bits per heavy atom. The number of nitrogens with zero attached hydrogens (tertiary/aromatic N) is 3. The number of hydrogen-bond donors (Lipinski definition) is 2. The maximum atomic E-state index is 6.15. The summed E-state index contributed by atoms with van der Waals surface area (Å²) in [6.07, 6.45) is 1.56. The van der Waals surface area contributed by atoms with Crippen molar-refractivity contribution in [2.24, 2.45) is 0 Å². The first-order valence-electron chi connectivity index (χ1n) is 7.32. The Morgan fingerprint density at radius 1 is 1.08 bits per heavy atom. The van der Waals surface area contributed by atoms with E-state index in [0.717, 1.165) is 16.8 Å². The van der Waals surface area contributed by atoms with Gasteiger partial charge in [0.2, 0.25) is 5.95 Å². The number of aryl methyl sites for hydroxylation is 1. The maximum Gasteiger partial charge on any atom is 0.249 e. The number of halogens is 2. The first kappa shape index (κ1) is 16.5. The average Bonchev–Trinajstić information content (AvgIpc) is 2.58. The molecule has 1 aromatic heterocycles. The molecule has 0 atom stereocenters. The van der Waals surface area contributed by atoms with Crippen LogP contribution >= 0.6 is 23.2 Å². The number of anilines is 3. The normalized spacial score (nSPS) is 10.5. The Balaban J connectivity index is 1.72. The van der Waals surface area contributed by atoms with Gasteiger partial charge in [-0.3, -0.25) is 0 Å². The van der Waals surface area contributed by atoms with Crippen LogP contribution in [0.4, 0.5) is 17.5 Å². The second-order valence-electron chi connectivity index (χ2n) is 5.19. The number of hydrogen-bond acceptors (Lipinski definition) is 5. The van der Waals surface area contributed by atoms with Gasteiger partial charge in [-0.2, -0.15) is 10.1 Å². The molecule has 0 radical (unpaired) electrons. The molecule has 24 heavy (non-hydrogen) atoms. The van der Waals surface area contributed by atoms with E-state index in [9.17, 15) is 0 Å². The third-order valence-electron chi connectivity index (χ3n) is 3.42. The monoisotopic (exact) mass is 359 g/mol. The molecule has 0 aliphatic carbocycles. The van der Waals surface area contributed by atoms with Gasteiger partial charge < -0.3 is 10.6 Å². The molecule has 0 aliphatic heterocycles. The Labute approximate surface area is 150 Å². The number of benzene rings is 2. The lowest BCUT2D eigenvalue weighted by molar-refractivity contribution is 0.965. The summed E-state index contributed by atoms with van der Waals surface area (Å²) < 4.78 is 0. The molecule has 0 spiro atoms. The molecule has 0 saturated carbocycles. The van der Waals surface area contributed by atoms with E-state index in [-0.39, 0.29) is 0 Å². The van der Waals surface area contributed by atoms with E-state index in [0.29, 0.717) is 28.4 Å². The summed E-state index contributed by atoms with van der Waals surface area (Å²) >= 11 is 12.2. The zero-order chi connectivity index (χ0) is 16.9. The molecule has 122 valence electrons. The van der Waals surface area contributed by atoms with Crippen molar-refractivity contribution in [1.82, 2.24) is 15.2 Å². The van der Waals surface area contributed by atoms with Gasteiger partial charge in [0.05, 0.1) is 6.20 Å². The van der Waals surface area contributed by atoms with Crippen LogP contribution in [0.3, 0.4) is 0 Å². The summed E-state index contributed by atoms with van der Waals surface area (Å²) in [6.45, 7) is 2.53. The SMILES string of the molecule is Cc1ccc(Cl)cc1Nc1nncc(NCc2ccccc2Cl)n1. The predicted molar refractivity (Wildman–Crippen MR) is 98.1 cm³/mol. The molecule has 0 unspecified atom stereocenters. The minimum Gasteiger partial charge on any atom is -0.364 e. The highest BCUT2D eigenvalue weighted by atomic mass is 35.5. The van der Waals surface area contributed by atoms with Crippen LogP contribution in [0.2, 0.25) is 10.0 Å². The topological polar surface area (TPSA) is 62.7 Å². The van der Waals surface area contributed by atoms with Crippen molar-refractivity contribution in [3.05, 3.63) is 69.8 Å². The lowest BCUT2D eigenvalue weighted by Gasteiger charge is -2.10. The van der Waals surface area contributed by atoms with Crippen LogP contribution in [0, 0.1) is 6.92 Å². The number of rotatable bonds is 5. The van der Waals surface area contributed by atoms with Crippen molar-refractivity contribution in [3.8, 4) is 0 Å². The summed E-state index contributed by atoms with van der Waals surface area (Å²) in [5, 5.41) is 15.6. The standard InChI is InChI=1S/C17H15Cl2N5/c1-11-6-7-13(18)8-15(11)22-17-23-16(10-21-24-17)20-9-12-4-2-3-5-14(12)19/h2-8,10H,9H2,1H3,(H2,20,22,23,24). The van der Waals surface area contributed by atoms with Gasteiger partial charge in [-0.1, -0.05) is 47.5 Å². The van der Waals surface area contributed by atoms with E-state index in [1.54, 1.807) is 6.20 Å². The van der Waals surface area contributed by atoms with Gasteiger partial charge in [0.15, 0.2) is 5.82 Å². The highest BCUT2D eigenvalue weighted by Crippen LogP contribution is 2.23. The van der Waals surface area contributed by atoms with Gasteiger partial charge in [0, 0.05) is 22.3 Å². The summed E-state index contributed by atoms with van der Waals surface area (Å²) in [4.78, 5) is 4.40. The van der Waals surface area contributed by atoms with Crippen LogP contribution < -0.4 is 10.6 Å². The fourth-order valence-electron chi connectivity index (χ4n) is 2.12. The van der Waals surface area contributed by atoms with Crippen molar-refractivity contribution < 1.29 is 0 Å². The Kier molecular flexibility index (Phi) is 5.13. The average molecular weight is 360 g/mol. The van der Waals surface area contributed by atoms with E-state index in [4.69, 9.17) is 23.2 Å². The molecular weight excluding hydrogens is 345 g/mol. The number of nitrogens with one attached hydrogen (secondary N) is 2. The van der Waals surface area contributed by atoms with E-state index in [1.165, 1.54) is 0 Å². The molecule has 0 aliphatic rings. The molecule has 3 rings (SSSR count). The zero-order valence-corrected chi connectivity index (χ0v) is 14.4. The third kappa shape index (κ3) is 4.13. The minimum absolute atomic E-state index is 0.393. The van der Waals surface area contributed by atoms with Gasteiger partial charge in [-0.25, -0.2) is 0 Å². The second-order valence-corrected chi connectivity index (χ2v) is 6.04. The van der Waals surface area contributed by atoms with E-state index in [2.05, 4.69) is 25.8 Å². The molecule has 0 amide bonds. The smallest absolute Gasteiger partial charge is 0.249 e. The molecule has 7 heteroatoms. The minimum atomic E-state index is 0.393. The highest BCUT2D eigenvalue weighted by Gasteiger charge is 2.05. The van der Waals surface area contributed by atoms with Gasteiger partial charge in [-0.15, -0.1) is 5.10 Å². The van der Waals surface area contributed by atoms with Crippen LogP contribution in [0.25, 0.3) is 0 Å². The summed E-state index contributed by atoms with van der Waals surface area (Å²) in [5.41, 5.74) is 2.86. The molecule has 0 bridgehead atoms. The van der Waals surface area contributed by atoms with Crippen LogP contribution in [0.15, 0.2) is 48.7 Å². The van der Waals surface area contributed by atoms with E-state index in [1.807, 2.05) is 49.4 Å².